The molecule has 1 aromatic carbocycles. The lowest BCUT2D eigenvalue weighted by atomic mass is 9.88. The van der Waals surface area contributed by atoms with Gasteiger partial charge in [-0.3, -0.25) is 9.59 Å². The van der Waals surface area contributed by atoms with E-state index < -0.39 is 5.91 Å². The second-order valence-electron chi connectivity index (χ2n) is 12.6. The number of aromatic nitrogens is 2. The molecule has 3 fully saturated rings. The number of nitrogens with zero attached hydrogens (tertiary/aromatic N) is 4. The zero-order chi connectivity index (χ0) is 29.5. The standard InChI is InChI=1S/C33H49N7O2/c1-3-23(2)33(42)35-17-12-24-13-18-40(19-14-24)29-22-36-30(31(34)41)32(38-29)37-27-10-8-25(9-11-27)26-15-20-39(21-16-26)28-6-4-5-7-28/h8-11,22-24,26,28H,3-7,12-21H2,1-2H3,(H2,34,41)(H,35,42)(H,37,38). The molecule has 2 aliphatic heterocycles. The molecule has 9 nitrogen and oxygen atoms in total. The van der Waals surface area contributed by atoms with E-state index in [1.54, 1.807) is 6.20 Å². The highest BCUT2D eigenvalue weighted by Gasteiger charge is 2.28. The van der Waals surface area contributed by atoms with Gasteiger partial charge in [-0.05, 0) is 94.0 Å². The Morgan fingerprint density at radius 2 is 1.69 bits per heavy atom. The van der Waals surface area contributed by atoms with Crippen LogP contribution in [0.3, 0.4) is 0 Å². The second kappa shape index (κ2) is 14.3. The number of rotatable bonds is 11. The molecule has 1 aromatic heterocycles. The molecule has 0 bridgehead atoms. The van der Waals surface area contributed by atoms with Gasteiger partial charge in [0, 0.05) is 37.3 Å². The fourth-order valence-electron chi connectivity index (χ4n) is 6.85. The van der Waals surface area contributed by atoms with E-state index in [-0.39, 0.29) is 17.5 Å². The van der Waals surface area contributed by atoms with Gasteiger partial charge in [-0.15, -0.1) is 0 Å². The lowest BCUT2D eigenvalue weighted by Crippen LogP contribution is -2.39. The molecular formula is C33H49N7O2. The van der Waals surface area contributed by atoms with Crippen molar-refractivity contribution in [3.63, 3.8) is 0 Å². The number of piperidine rings is 2. The summed E-state index contributed by atoms with van der Waals surface area (Å²) in [6.45, 7) is 8.87. The third-order valence-electron chi connectivity index (χ3n) is 9.86. The molecule has 0 spiro atoms. The SMILES string of the molecule is CCC(C)C(=O)NCCC1CCN(c2cnc(C(N)=O)c(Nc3ccc(C4CCN(C5CCCC5)CC4)cc3)n2)CC1. The number of anilines is 3. The fourth-order valence-corrected chi connectivity index (χ4v) is 6.85. The average molecular weight is 576 g/mol. The van der Waals surface area contributed by atoms with E-state index in [2.05, 4.69) is 49.7 Å². The van der Waals surface area contributed by atoms with Gasteiger partial charge in [-0.2, -0.15) is 0 Å². The largest absolute Gasteiger partial charge is 0.364 e. The molecule has 42 heavy (non-hydrogen) atoms. The Morgan fingerprint density at radius 3 is 2.33 bits per heavy atom. The Labute approximate surface area is 251 Å². The third kappa shape index (κ3) is 7.60. The second-order valence-corrected chi connectivity index (χ2v) is 12.6. The summed E-state index contributed by atoms with van der Waals surface area (Å²) in [6, 6.07) is 9.37. The first-order valence-electron chi connectivity index (χ1n) is 16.2. The number of hydrogen-bond acceptors (Lipinski definition) is 7. The first-order valence-corrected chi connectivity index (χ1v) is 16.2. The van der Waals surface area contributed by atoms with Gasteiger partial charge in [-0.25, -0.2) is 9.97 Å². The van der Waals surface area contributed by atoms with Gasteiger partial charge < -0.3 is 26.2 Å². The molecule has 1 unspecified atom stereocenters. The molecule has 9 heteroatoms. The van der Waals surface area contributed by atoms with Crippen LogP contribution in [0.1, 0.15) is 100 Å². The summed E-state index contributed by atoms with van der Waals surface area (Å²) < 4.78 is 0. The topological polar surface area (TPSA) is 116 Å². The number of primary amides is 1. The molecule has 1 atom stereocenters. The van der Waals surface area contributed by atoms with Crippen molar-refractivity contribution in [3.05, 3.63) is 41.7 Å². The molecule has 1 saturated carbocycles. The van der Waals surface area contributed by atoms with Crippen LogP contribution in [0.15, 0.2) is 30.5 Å². The lowest BCUT2D eigenvalue weighted by molar-refractivity contribution is -0.124. The van der Waals surface area contributed by atoms with Crippen molar-refractivity contribution in [2.75, 3.05) is 42.9 Å². The van der Waals surface area contributed by atoms with E-state index in [1.165, 1.54) is 57.2 Å². The van der Waals surface area contributed by atoms with E-state index in [9.17, 15) is 9.59 Å². The fraction of sp³-hybridized carbons (Fsp3) is 0.636. The van der Waals surface area contributed by atoms with Crippen molar-refractivity contribution in [1.82, 2.24) is 20.2 Å². The number of carbonyl (C=O) groups excluding carboxylic acids is 2. The maximum Gasteiger partial charge on any atom is 0.271 e. The van der Waals surface area contributed by atoms with E-state index in [4.69, 9.17) is 10.7 Å². The Kier molecular flexibility index (Phi) is 10.3. The third-order valence-corrected chi connectivity index (χ3v) is 9.86. The normalized spacial score (nSPS) is 20.0. The minimum Gasteiger partial charge on any atom is -0.364 e. The maximum absolute atomic E-state index is 12.2. The number of benzene rings is 1. The molecule has 0 radical (unpaired) electrons. The molecule has 2 saturated heterocycles. The van der Waals surface area contributed by atoms with Gasteiger partial charge >= 0.3 is 0 Å². The number of carbonyl (C=O) groups is 2. The number of hydrogen-bond donors (Lipinski definition) is 3. The first-order chi connectivity index (χ1) is 20.4. The van der Waals surface area contributed by atoms with Crippen molar-refractivity contribution in [2.24, 2.45) is 17.6 Å². The summed E-state index contributed by atoms with van der Waals surface area (Å²) in [7, 11) is 0. The minimum atomic E-state index is -0.597. The van der Waals surface area contributed by atoms with Crippen molar-refractivity contribution in [3.8, 4) is 0 Å². The summed E-state index contributed by atoms with van der Waals surface area (Å²) in [6.07, 6.45) is 13.5. The summed E-state index contributed by atoms with van der Waals surface area (Å²) in [5.74, 6) is 1.93. The summed E-state index contributed by atoms with van der Waals surface area (Å²) in [5.41, 5.74) is 8.05. The number of amides is 2. The minimum absolute atomic E-state index is 0.0684. The van der Waals surface area contributed by atoms with Crippen LogP contribution in [0, 0.1) is 11.8 Å². The number of nitrogens with two attached hydrogens (primary N) is 1. The Hall–Kier alpha value is -3.20. The van der Waals surface area contributed by atoms with Crippen LogP contribution in [-0.4, -0.2) is 65.4 Å². The molecule has 5 rings (SSSR count). The predicted octanol–water partition coefficient (Wildman–Crippen LogP) is 5.21. The van der Waals surface area contributed by atoms with Crippen molar-refractivity contribution in [2.45, 2.75) is 90.0 Å². The van der Waals surface area contributed by atoms with Gasteiger partial charge in [0.1, 0.15) is 5.82 Å². The first kappa shape index (κ1) is 30.3. The van der Waals surface area contributed by atoms with Crippen LogP contribution >= 0.6 is 0 Å². The van der Waals surface area contributed by atoms with Crippen LogP contribution in [0.4, 0.5) is 17.3 Å². The van der Waals surface area contributed by atoms with Crippen LogP contribution < -0.4 is 21.3 Å². The molecule has 4 N–H and O–H groups in total. The molecule has 3 aliphatic rings. The van der Waals surface area contributed by atoms with Crippen LogP contribution in [-0.2, 0) is 4.79 Å². The Bertz CT molecular complexity index is 1180. The highest BCUT2D eigenvalue weighted by Crippen LogP contribution is 2.33. The van der Waals surface area contributed by atoms with E-state index in [0.717, 1.165) is 62.9 Å². The Balaban J connectivity index is 1.15. The summed E-state index contributed by atoms with van der Waals surface area (Å²) in [5, 5.41) is 6.40. The lowest BCUT2D eigenvalue weighted by Gasteiger charge is -2.36. The number of nitrogens with one attached hydrogen (secondary N) is 2. The van der Waals surface area contributed by atoms with Gasteiger partial charge in [-0.1, -0.05) is 38.8 Å². The maximum atomic E-state index is 12.2. The highest BCUT2D eigenvalue weighted by atomic mass is 16.2. The molecular weight excluding hydrogens is 526 g/mol. The predicted molar refractivity (Wildman–Crippen MR) is 168 cm³/mol. The van der Waals surface area contributed by atoms with Crippen LogP contribution in [0.5, 0.6) is 0 Å². The van der Waals surface area contributed by atoms with Crippen molar-refractivity contribution in [1.29, 1.82) is 0 Å². The van der Waals surface area contributed by atoms with Gasteiger partial charge in [0.25, 0.3) is 5.91 Å². The zero-order valence-corrected chi connectivity index (χ0v) is 25.5. The van der Waals surface area contributed by atoms with E-state index in [1.807, 2.05) is 13.8 Å². The Morgan fingerprint density at radius 1 is 1.00 bits per heavy atom. The molecule has 228 valence electrons. The van der Waals surface area contributed by atoms with Crippen molar-refractivity contribution >= 4 is 29.1 Å². The van der Waals surface area contributed by atoms with Gasteiger partial charge in [0.05, 0.1) is 6.20 Å². The number of likely N-dealkylation sites (tertiary alicyclic amines) is 1. The quantitative estimate of drug-likeness (QED) is 0.337. The van der Waals surface area contributed by atoms with E-state index in [0.29, 0.717) is 17.7 Å². The van der Waals surface area contributed by atoms with Gasteiger partial charge in [0.15, 0.2) is 11.5 Å². The molecule has 2 amide bonds. The summed E-state index contributed by atoms with van der Waals surface area (Å²) in [4.78, 5) is 38.4. The van der Waals surface area contributed by atoms with Crippen LogP contribution in [0.2, 0.25) is 0 Å². The zero-order valence-electron chi connectivity index (χ0n) is 25.5. The molecule has 2 aromatic rings. The molecule has 3 heterocycles. The highest BCUT2D eigenvalue weighted by molar-refractivity contribution is 5.96. The smallest absolute Gasteiger partial charge is 0.271 e. The average Bonchev–Trinajstić information content (AvgIpc) is 3.57. The van der Waals surface area contributed by atoms with Crippen molar-refractivity contribution < 1.29 is 9.59 Å². The van der Waals surface area contributed by atoms with Gasteiger partial charge in [0.2, 0.25) is 5.91 Å². The van der Waals surface area contributed by atoms with Crippen LogP contribution in [0.25, 0.3) is 0 Å². The summed E-state index contributed by atoms with van der Waals surface area (Å²) >= 11 is 0. The molecule has 1 aliphatic carbocycles. The van der Waals surface area contributed by atoms with E-state index >= 15 is 0 Å². The monoisotopic (exact) mass is 575 g/mol.